The molecular formula is C32H59N2O4S+. The van der Waals surface area contributed by atoms with Crippen molar-refractivity contribution in [1.29, 1.82) is 0 Å². The quantitative estimate of drug-likeness (QED) is 0.164. The van der Waals surface area contributed by atoms with Gasteiger partial charge in [0, 0.05) is 25.8 Å². The fourth-order valence-electron chi connectivity index (χ4n) is 10.4. The first kappa shape index (κ1) is 31.3. The number of carbonyl (C=O) groups is 1. The molecule has 0 radical (unpaired) electrons. The third-order valence-corrected chi connectivity index (χ3v) is 13.4. The van der Waals surface area contributed by atoms with Crippen LogP contribution in [0.25, 0.3) is 0 Å². The zero-order valence-corrected chi connectivity index (χ0v) is 26.5. The largest absolute Gasteiger partial charge is 0.356 e. The van der Waals surface area contributed by atoms with Crippen LogP contribution in [0, 0.1) is 46.3 Å². The lowest BCUT2D eigenvalue weighted by Crippen LogP contribution is -2.53. The molecule has 0 saturated heterocycles. The number of nitrogens with one attached hydrogen (secondary N) is 1. The summed E-state index contributed by atoms with van der Waals surface area (Å²) in [6, 6.07) is 0. The van der Waals surface area contributed by atoms with Gasteiger partial charge in [0.1, 0.15) is 0 Å². The van der Waals surface area contributed by atoms with Gasteiger partial charge in [0.2, 0.25) is 5.91 Å². The summed E-state index contributed by atoms with van der Waals surface area (Å²) in [5, 5.41) is 3.13. The average molecular weight is 568 g/mol. The number of rotatable bonds is 12. The van der Waals surface area contributed by atoms with Crippen molar-refractivity contribution in [1.82, 2.24) is 5.32 Å². The van der Waals surface area contributed by atoms with Crippen LogP contribution in [0.3, 0.4) is 0 Å². The van der Waals surface area contributed by atoms with Crippen LogP contribution in [0.2, 0.25) is 0 Å². The van der Waals surface area contributed by atoms with Crippen molar-refractivity contribution >= 4 is 16.0 Å². The van der Waals surface area contributed by atoms with E-state index in [-0.39, 0.29) is 11.7 Å². The molecule has 0 unspecified atom stereocenters. The SMILES string of the molecule is C[C@H](CCC(=O)NCCC[N+](C)(C)CCCS(=O)(=O)O)[C@H]1CC[C@@H]2[C@@H]3CC[C@@H]4CCCC[C@]4(C)[C@H]3CC[C@@]21C. The van der Waals surface area contributed by atoms with Crippen LogP contribution in [-0.4, -0.2) is 62.8 Å². The van der Waals surface area contributed by atoms with Gasteiger partial charge < -0.3 is 9.80 Å². The predicted octanol–water partition coefficient (Wildman–Crippen LogP) is 6.31. The monoisotopic (exact) mass is 567 g/mol. The molecule has 6 nitrogen and oxygen atoms in total. The lowest BCUT2D eigenvalue weighted by atomic mass is 9.44. The van der Waals surface area contributed by atoms with Gasteiger partial charge >= 0.3 is 0 Å². The minimum atomic E-state index is -3.89. The predicted molar refractivity (Wildman–Crippen MR) is 159 cm³/mol. The summed E-state index contributed by atoms with van der Waals surface area (Å²) in [4.78, 5) is 12.7. The Balaban J connectivity index is 1.20. The molecule has 7 heteroatoms. The van der Waals surface area contributed by atoms with E-state index in [0.29, 0.717) is 47.2 Å². The molecule has 4 saturated carbocycles. The maximum absolute atomic E-state index is 12.7. The highest BCUT2D eigenvalue weighted by Crippen LogP contribution is 2.68. The van der Waals surface area contributed by atoms with E-state index in [1.54, 1.807) is 0 Å². The Morgan fingerprint density at radius 3 is 2.41 bits per heavy atom. The Kier molecular flexibility index (Phi) is 9.86. The van der Waals surface area contributed by atoms with Gasteiger partial charge in [-0.1, -0.05) is 33.6 Å². The molecule has 0 heterocycles. The van der Waals surface area contributed by atoms with E-state index >= 15 is 0 Å². The van der Waals surface area contributed by atoms with Crippen LogP contribution >= 0.6 is 0 Å². The van der Waals surface area contributed by atoms with Gasteiger partial charge in [-0.05, 0) is 104 Å². The Morgan fingerprint density at radius 2 is 1.67 bits per heavy atom. The van der Waals surface area contributed by atoms with Crippen LogP contribution in [0.5, 0.6) is 0 Å². The number of hydrogen-bond donors (Lipinski definition) is 2. The van der Waals surface area contributed by atoms with Crippen molar-refractivity contribution in [3.8, 4) is 0 Å². The van der Waals surface area contributed by atoms with Crippen LogP contribution in [0.4, 0.5) is 0 Å². The van der Waals surface area contributed by atoms with Gasteiger partial charge in [-0.15, -0.1) is 0 Å². The fourth-order valence-corrected chi connectivity index (χ4v) is 10.9. The molecule has 0 aliphatic heterocycles. The number of nitrogens with zero attached hydrogens (tertiary/aromatic N) is 1. The zero-order chi connectivity index (χ0) is 28.5. The minimum Gasteiger partial charge on any atom is -0.356 e. The van der Waals surface area contributed by atoms with Crippen molar-refractivity contribution in [2.45, 2.75) is 111 Å². The Morgan fingerprint density at radius 1 is 0.949 bits per heavy atom. The molecule has 4 aliphatic rings. The Labute approximate surface area is 239 Å². The molecule has 0 bridgehead atoms. The minimum absolute atomic E-state index is 0.172. The molecule has 4 rings (SSSR count). The van der Waals surface area contributed by atoms with Crippen molar-refractivity contribution in [3.63, 3.8) is 0 Å². The summed E-state index contributed by atoms with van der Waals surface area (Å²) in [6.07, 6.45) is 17.4. The van der Waals surface area contributed by atoms with E-state index in [1.165, 1.54) is 64.2 Å². The lowest BCUT2D eigenvalue weighted by molar-refractivity contribution is -0.890. The summed E-state index contributed by atoms with van der Waals surface area (Å²) < 4.78 is 31.5. The average Bonchev–Trinajstić information content (AvgIpc) is 3.21. The van der Waals surface area contributed by atoms with Crippen LogP contribution in [0.1, 0.15) is 111 Å². The summed E-state index contributed by atoms with van der Waals surface area (Å²) >= 11 is 0. The number of amides is 1. The topological polar surface area (TPSA) is 83.5 Å². The fraction of sp³-hybridized carbons (Fsp3) is 0.969. The second kappa shape index (κ2) is 12.3. The van der Waals surface area contributed by atoms with Crippen LogP contribution in [0.15, 0.2) is 0 Å². The molecule has 4 fully saturated rings. The van der Waals surface area contributed by atoms with E-state index in [4.69, 9.17) is 4.55 Å². The first-order chi connectivity index (χ1) is 18.3. The van der Waals surface area contributed by atoms with Crippen molar-refractivity contribution in [3.05, 3.63) is 0 Å². The van der Waals surface area contributed by atoms with Crippen LogP contribution < -0.4 is 5.32 Å². The third-order valence-electron chi connectivity index (χ3n) is 12.6. The number of fused-ring (bicyclic) bond motifs is 5. The molecular weight excluding hydrogens is 508 g/mol. The third kappa shape index (κ3) is 7.23. The van der Waals surface area contributed by atoms with Gasteiger partial charge in [-0.25, -0.2) is 0 Å². The van der Waals surface area contributed by atoms with E-state index in [2.05, 4.69) is 40.2 Å². The second-order valence-electron chi connectivity index (χ2n) is 15.4. The summed E-state index contributed by atoms with van der Waals surface area (Å²) in [6.45, 7) is 9.95. The molecule has 8 atom stereocenters. The molecule has 0 aromatic rings. The van der Waals surface area contributed by atoms with E-state index in [0.717, 1.165) is 49.0 Å². The molecule has 226 valence electrons. The first-order valence-electron chi connectivity index (χ1n) is 16.3. The van der Waals surface area contributed by atoms with E-state index < -0.39 is 10.1 Å². The van der Waals surface area contributed by atoms with Gasteiger partial charge in [-0.2, -0.15) is 8.42 Å². The number of quaternary nitrogens is 1. The summed E-state index contributed by atoms with van der Waals surface area (Å²) in [5.74, 6) is 5.13. The smallest absolute Gasteiger partial charge is 0.265 e. The normalized spacial score (nSPS) is 37.4. The van der Waals surface area contributed by atoms with Gasteiger partial charge in [-0.3, -0.25) is 9.35 Å². The highest BCUT2D eigenvalue weighted by atomic mass is 32.2. The number of carbonyl (C=O) groups excluding carboxylic acids is 1. The molecule has 1 amide bonds. The second-order valence-corrected chi connectivity index (χ2v) is 16.9. The van der Waals surface area contributed by atoms with Gasteiger partial charge in [0.05, 0.1) is 32.9 Å². The highest BCUT2D eigenvalue weighted by molar-refractivity contribution is 7.85. The summed E-state index contributed by atoms with van der Waals surface area (Å²) in [7, 11) is 0.241. The summed E-state index contributed by atoms with van der Waals surface area (Å²) in [5.41, 5.74) is 1.08. The van der Waals surface area contributed by atoms with Crippen molar-refractivity contribution in [2.24, 2.45) is 46.3 Å². The molecule has 4 aliphatic carbocycles. The van der Waals surface area contributed by atoms with Crippen LogP contribution in [-0.2, 0) is 14.9 Å². The molecule has 39 heavy (non-hydrogen) atoms. The standard InChI is InChI=1S/C32H58N2O4S/c1-24(11-16-30(35)33-20-8-21-34(4,5)22-9-23-39(36,37)38)27-14-15-28-26-13-12-25-10-6-7-18-31(25,2)29(26)17-19-32(27,28)3/h24-29H,6-23H2,1-5H3,(H-,33,35,36,37,38)/p+1/t24-,25+,26+,27-,28-,29+,31+,32-/m1/s1. The maximum Gasteiger partial charge on any atom is 0.265 e. The zero-order valence-electron chi connectivity index (χ0n) is 25.7. The molecule has 2 N–H and O–H groups in total. The molecule has 0 aromatic carbocycles. The van der Waals surface area contributed by atoms with E-state index in [9.17, 15) is 13.2 Å². The Bertz CT molecular complexity index is 952. The maximum atomic E-state index is 12.7. The lowest BCUT2D eigenvalue weighted by Gasteiger charge is -2.61. The molecule has 0 aromatic heterocycles. The van der Waals surface area contributed by atoms with Gasteiger partial charge in [0.25, 0.3) is 10.1 Å². The van der Waals surface area contributed by atoms with Crippen molar-refractivity contribution in [2.75, 3.05) is 39.5 Å². The Hall–Kier alpha value is -0.660. The molecule has 0 spiro atoms. The number of hydrogen-bond acceptors (Lipinski definition) is 3. The van der Waals surface area contributed by atoms with Crippen molar-refractivity contribution < 1.29 is 22.2 Å². The van der Waals surface area contributed by atoms with Gasteiger partial charge in [0.15, 0.2) is 0 Å². The van der Waals surface area contributed by atoms with E-state index in [1.807, 2.05) is 0 Å². The highest BCUT2D eigenvalue weighted by Gasteiger charge is 2.60. The first-order valence-corrected chi connectivity index (χ1v) is 17.9.